The third-order valence-electron chi connectivity index (χ3n) is 3.02. The van der Waals surface area contributed by atoms with E-state index in [1.807, 2.05) is 0 Å². The van der Waals surface area contributed by atoms with Crippen LogP contribution in [0.1, 0.15) is 43.9 Å². The number of hydrogen-bond acceptors (Lipinski definition) is 2. The number of benzene rings is 1. The van der Waals surface area contributed by atoms with Crippen LogP contribution in [0.25, 0.3) is 0 Å². The van der Waals surface area contributed by atoms with E-state index in [9.17, 15) is 0 Å². The van der Waals surface area contributed by atoms with Crippen LogP contribution in [0, 0.1) is 6.92 Å². The average molecular weight is 219 g/mol. The predicted octanol–water partition coefficient (Wildman–Crippen LogP) is 3.21. The third-order valence-corrected chi connectivity index (χ3v) is 3.02. The molecule has 1 unspecified atom stereocenters. The second-order valence-corrected chi connectivity index (χ2v) is 4.84. The van der Waals surface area contributed by atoms with Gasteiger partial charge in [-0.2, -0.15) is 0 Å². The fraction of sp³-hybridized carbons (Fsp3) is 0.571. The maximum Gasteiger partial charge on any atom is 0.122 e. The Morgan fingerprint density at radius 2 is 2.19 bits per heavy atom. The summed E-state index contributed by atoms with van der Waals surface area (Å²) in [6.45, 7) is 7.39. The molecular formula is C14H21NO. The van der Waals surface area contributed by atoms with Gasteiger partial charge in [-0.25, -0.2) is 0 Å². The largest absolute Gasteiger partial charge is 0.491 e. The average Bonchev–Trinajstić information content (AvgIpc) is 2.73. The minimum Gasteiger partial charge on any atom is -0.491 e. The predicted molar refractivity (Wildman–Crippen MR) is 66.9 cm³/mol. The zero-order valence-corrected chi connectivity index (χ0v) is 10.4. The first-order chi connectivity index (χ1) is 7.66. The summed E-state index contributed by atoms with van der Waals surface area (Å²) >= 11 is 0. The van der Waals surface area contributed by atoms with E-state index in [0.29, 0.717) is 6.04 Å². The molecule has 2 rings (SSSR count). The lowest BCUT2D eigenvalue weighted by Gasteiger charge is -2.16. The van der Waals surface area contributed by atoms with Crippen LogP contribution in [-0.4, -0.2) is 12.6 Å². The molecule has 0 radical (unpaired) electrons. The molecule has 1 aliphatic heterocycles. The highest BCUT2D eigenvalue weighted by molar-refractivity contribution is 5.37. The van der Waals surface area contributed by atoms with Crippen molar-refractivity contribution >= 4 is 0 Å². The van der Waals surface area contributed by atoms with Crippen LogP contribution in [0.2, 0.25) is 0 Å². The normalized spacial score (nSPS) is 20.4. The molecule has 88 valence electrons. The SMILES string of the molecule is Cc1cc(C2CCCN2)ccc1OC(C)C. The first-order valence-corrected chi connectivity index (χ1v) is 6.17. The first kappa shape index (κ1) is 11.5. The summed E-state index contributed by atoms with van der Waals surface area (Å²) in [6, 6.07) is 7.09. The van der Waals surface area contributed by atoms with Gasteiger partial charge in [0.2, 0.25) is 0 Å². The van der Waals surface area contributed by atoms with Gasteiger partial charge in [0, 0.05) is 6.04 Å². The van der Waals surface area contributed by atoms with Crippen LogP contribution in [-0.2, 0) is 0 Å². The minimum atomic E-state index is 0.245. The summed E-state index contributed by atoms with van der Waals surface area (Å²) in [5, 5.41) is 3.52. The van der Waals surface area contributed by atoms with Crippen LogP contribution in [0.3, 0.4) is 0 Å². The molecule has 2 heteroatoms. The molecule has 1 fully saturated rings. The van der Waals surface area contributed by atoms with Gasteiger partial charge in [0.25, 0.3) is 0 Å². The van der Waals surface area contributed by atoms with Crippen molar-refractivity contribution in [3.05, 3.63) is 29.3 Å². The molecule has 1 saturated heterocycles. The molecule has 0 saturated carbocycles. The van der Waals surface area contributed by atoms with Crippen molar-refractivity contribution < 1.29 is 4.74 Å². The van der Waals surface area contributed by atoms with Gasteiger partial charge in [0.05, 0.1) is 6.10 Å². The van der Waals surface area contributed by atoms with Crippen molar-refractivity contribution in [2.75, 3.05) is 6.54 Å². The molecule has 1 heterocycles. The number of nitrogens with one attached hydrogen (secondary N) is 1. The highest BCUT2D eigenvalue weighted by atomic mass is 16.5. The summed E-state index contributed by atoms with van der Waals surface area (Å²) in [5.41, 5.74) is 2.63. The van der Waals surface area contributed by atoms with Crippen LogP contribution < -0.4 is 10.1 Å². The van der Waals surface area contributed by atoms with Gasteiger partial charge in [-0.1, -0.05) is 12.1 Å². The van der Waals surface area contributed by atoms with E-state index in [-0.39, 0.29) is 6.10 Å². The van der Waals surface area contributed by atoms with E-state index in [1.54, 1.807) is 0 Å². The number of ether oxygens (including phenoxy) is 1. The molecule has 1 N–H and O–H groups in total. The van der Waals surface area contributed by atoms with Crippen molar-refractivity contribution in [3.63, 3.8) is 0 Å². The molecule has 0 spiro atoms. The number of aryl methyl sites for hydroxylation is 1. The summed E-state index contributed by atoms with van der Waals surface area (Å²) in [7, 11) is 0. The van der Waals surface area contributed by atoms with Crippen molar-refractivity contribution in [1.82, 2.24) is 5.32 Å². The third kappa shape index (κ3) is 2.56. The lowest BCUT2D eigenvalue weighted by molar-refractivity contribution is 0.240. The standard InChI is InChI=1S/C14H21NO/c1-10(2)16-14-7-6-12(9-11(14)3)13-5-4-8-15-13/h6-7,9-10,13,15H,4-5,8H2,1-3H3. The second-order valence-electron chi connectivity index (χ2n) is 4.84. The Morgan fingerprint density at radius 1 is 1.38 bits per heavy atom. The molecule has 1 atom stereocenters. The molecule has 1 aromatic rings. The fourth-order valence-electron chi connectivity index (χ4n) is 2.24. The molecule has 1 aromatic carbocycles. The van der Waals surface area contributed by atoms with Gasteiger partial charge in [-0.15, -0.1) is 0 Å². The Bertz CT molecular complexity index is 354. The molecule has 0 bridgehead atoms. The van der Waals surface area contributed by atoms with Crippen molar-refractivity contribution in [2.24, 2.45) is 0 Å². The van der Waals surface area contributed by atoms with E-state index >= 15 is 0 Å². The Balaban J connectivity index is 2.15. The second kappa shape index (κ2) is 4.88. The van der Waals surface area contributed by atoms with E-state index in [1.165, 1.54) is 24.0 Å². The molecule has 1 aliphatic rings. The van der Waals surface area contributed by atoms with Crippen LogP contribution in [0.5, 0.6) is 5.75 Å². The number of rotatable bonds is 3. The van der Waals surface area contributed by atoms with Crippen molar-refractivity contribution in [3.8, 4) is 5.75 Å². The smallest absolute Gasteiger partial charge is 0.122 e. The Morgan fingerprint density at radius 3 is 2.75 bits per heavy atom. The zero-order chi connectivity index (χ0) is 11.5. The van der Waals surface area contributed by atoms with Crippen molar-refractivity contribution in [2.45, 2.75) is 45.8 Å². The fourth-order valence-corrected chi connectivity index (χ4v) is 2.24. The topological polar surface area (TPSA) is 21.3 Å². The van der Waals surface area contributed by atoms with Gasteiger partial charge in [-0.05, 0) is 57.4 Å². The molecule has 0 aliphatic carbocycles. The van der Waals surface area contributed by atoms with Gasteiger partial charge in [0.15, 0.2) is 0 Å². The van der Waals surface area contributed by atoms with Crippen molar-refractivity contribution in [1.29, 1.82) is 0 Å². The first-order valence-electron chi connectivity index (χ1n) is 6.17. The Hall–Kier alpha value is -1.02. The summed E-state index contributed by atoms with van der Waals surface area (Å²) in [4.78, 5) is 0. The van der Waals surface area contributed by atoms with Gasteiger partial charge in [-0.3, -0.25) is 0 Å². The molecule has 0 amide bonds. The van der Waals surface area contributed by atoms with E-state index in [4.69, 9.17) is 4.74 Å². The Kier molecular flexibility index (Phi) is 3.49. The van der Waals surface area contributed by atoms with Gasteiger partial charge in [0.1, 0.15) is 5.75 Å². The van der Waals surface area contributed by atoms with Crippen LogP contribution in [0.4, 0.5) is 0 Å². The molecule has 16 heavy (non-hydrogen) atoms. The number of hydrogen-bond donors (Lipinski definition) is 1. The van der Waals surface area contributed by atoms with Gasteiger partial charge < -0.3 is 10.1 Å². The highest BCUT2D eigenvalue weighted by Crippen LogP contribution is 2.27. The monoisotopic (exact) mass is 219 g/mol. The molecular weight excluding hydrogens is 198 g/mol. The maximum absolute atomic E-state index is 5.74. The summed E-state index contributed by atoms with van der Waals surface area (Å²) < 4.78 is 5.74. The summed E-state index contributed by atoms with van der Waals surface area (Å²) in [6.07, 6.45) is 2.78. The molecule has 2 nitrogen and oxygen atoms in total. The Labute approximate surface area is 98.0 Å². The summed E-state index contributed by atoms with van der Waals surface area (Å²) in [5.74, 6) is 1.01. The van der Waals surface area contributed by atoms with Crippen LogP contribution in [0.15, 0.2) is 18.2 Å². The van der Waals surface area contributed by atoms with Crippen LogP contribution >= 0.6 is 0 Å². The zero-order valence-electron chi connectivity index (χ0n) is 10.4. The van der Waals surface area contributed by atoms with E-state index < -0.39 is 0 Å². The minimum absolute atomic E-state index is 0.245. The quantitative estimate of drug-likeness (QED) is 0.843. The lowest BCUT2D eigenvalue weighted by atomic mass is 10.0. The van der Waals surface area contributed by atoms with E-state index in [0.717, 1.165) is 12.3 Å². The lowest BCUT2D eigenvalue weighted by Crippen LogP contribution is -2.13. The molecule has 0 aromatic heterocycles. The van der Waals surface area contributed by atoms with E-state index in [2.05, 4.69) is 44.3 Å². The van der Waals surface area contributed by atoms with Gasteiger partial charge >= 0.3 is 0 Å². The maximum atomic E-state index is 5.74. The highest BCUT2D eigenvalue weighted by Gasteiger charge is 2.16.